The monoisotopic (exact) mass is 307 g/mol. The molecule has 0 aromatic carbocycles. The van der Waals surface area contributed by atoms with Crippen molar-refractivity contribution in [1.29, 1.82) is 5.26 Å². The number of nitriles is 1. The lowest BCUT2D eigenvalue weighted by molar-refractivity contribution is 0.950. The van der Waals surface area contributed by atoms with Crippen molar-refractivity contribution >= 4 is 28.9 Å². The van der Waals surface area contributed by atoms with Gasteiger partial charge in [-0.2, -0.15) is 5.26 Å². The van der Waals surface area contributed by atoms with E-state index in [1.807, 2.05) is 51.3 Å². The number of halogens is 1. The minimum Gasteiger partial charge on any atom is -0.221 e. The zero-order valence-electron chi connectivity index (χ0n) is 12.1. The van der Waals surface area contributed by atoms with E-state index in [2.05, 4.69) is 16.5 Å². The second-order valence-electron chi connectivity index (χ2n) is 3.19. The molecule has 0 saturated carbocycles. The quantitative estimate of drug-likeness (QED) is 0.344. The summed E-state index contributed by atoms with van der Waals surface area (Å²) < 4.78 is 0. The zero-order chi connectivity index (χ0) is 15.5. The number of allylic oxidation sites excluding steroid dienone is 5. The van der Waals surface area contributed by atoms with Crippen LogP contribution in [0.5, 0.6) is 0 Å². The highest BCUT2D eigenvalue weighted by atomic mass is 35.5. The second kappa shape index (κ2) is 10.2. The molecule has 0 spiro atoms. The van der Waals surface area contributed by atoms with E-state index in [-0.39, 0.29) is 10.7 Å². The van der Waals surface area contributed by atoms with Crippen LogP contribution in [0, 0.1) is 11.3 Å². The number of thioether (sulfide) groups is 1. The number of rotatable bonds is 4. The normalized spacial score (nSPS) is 10.7. The molecule has 0 bridgehead atoms. The molecular weight excluding hydrogens is 290 g/mol. The van der Waals surface area contributed by atoms with E-state index < -0.39 is 0 Å². The molecule has 0 aliphatic rings. The Morgan fingerprint density at radius 1 is 1.40 bits per heavy atom. The average molecular weight is 308 g/mol. The molecule has 1 aromatic heterocycles. The summed E-state index contributed by atoms with van der Waals surface area (Å²) in [4.78, 5) is 8.35. The van der Waals surface area contributed by atoms with Crippen LogP contribution in [0.3, 0.4) is 0 Å². The van der Waals surface area contributed by atoms with Gasteiger partial charge in [0.1, 0.15) is 11.6 Å². The van der Waals surface area contributed by atoms with E-state index in [4.69, 9.17) is 16.9 Å². The van der Waals surface area contributed by atoms with Gasteiger partial charge in [-0.1, -0.05) is 68.1 Å². The molecule has 0 unspecified atom stereocenters. The Balaban J connectivity index is 0.00000172. The highest BCUT2D eigenvalue weighted by molar-refractivity contribution is 7.98. The van der Waals surface area contributed by atoms with Gasteiger partial charge in [0.2, 0.25) is 0 Å². The summed E-state index contributed by atoms with van der Waals surface area (Å²) in [6.07, 6.45) is 9.06. The summed E-state index contributed by atoms with van der Waals surface area (Å²) in [6, 6.07) is 2.03. The first-order chi connectivity index (χ1) is 9.67. The Kier molecular flexibility index (Phi) is 9.44. The summed E-state index contributed by atoms with van der Waals surface area (Å²) in [5.41, 5.74) is 1.52. The Morgan fingerprint density at radius 3 is 2.50 bits per heavy atom. The molecule has 1 aromatic rings. The predicted molar refractivity (Wildman–Crippen MR) is 87.9 cm³/mol. The van der Waals surface area contributed by atoms with Crippen LogP contribution in [0.2, 0.25) is 5.15 Å². The first-order valence-electron chi connectivity index (χ1n) is 6.15. The first kappa shape index (κ1) is 18.4. The Labute approximate surface area is 130 Å². The van der Waals surface area contributed by atoms with Gasteiger partial charge >= 0.3 is 0 Å². The van der Waals surface area contributed by atoms with Crippen molar-refractivity contribution in [3.8, 4) is 6.07 Å². The SMILES string of the molecule is C=C/C(=C\C=C/C)c1nc(SC)nc(Cl)c1C#N.CC. The van der Waals surface area contributed by atoms with Gasteiger partial charge in [0.25, 0.3) is 0 Å². The summed E-state index contributed by atoms with van der Waals surface area (Å²) >= 11 is 7.35. The fourth-order valence-corrected chi connectivity index (χ4v) is 1.88. The molecular formula is C15H18ClN3S. The maximum absolute atomic E-state index is 9.13. The van der Waals surface area contributed by atoms with Crippen molar-refractivity contribution in [2.75, 3.05) is 6.26 Å². The largest absolute Gasteiger partial charge is 0.221 e. The van der Waals surface area contributed by atoms with Gasteiger partial charge in [0.05, 0.1) is 5.69 Å². The number of hydrogen-bond donors (Lipinski definition) is 0. The lowest BCUT2D eigenvalue weighted by Crippen LogP contribution is -1.99. The van der Waals surface area contributed by atoms with Crippen LogP contribution in [0.1, 0.15) is 32.0 Å². The molecule has 0 atom stereocenters. The number of hydrogen-bond acceptors (Lipinski definition) is 4. The van der Waals surface area contributed by atoms with E-state index in [1.165, 1.54) is 11.8 Å². The molecule has 106 valence electrons. The van der Waals surface area contributed by atoms with Gasteiger partial charge in [-0.25, -0.2) is 9.97 Å². The molecule has 1 heterocycles. The van der Waals surface area contributed by atoms with E-state index in [1.54, 1.807) is 6.08 Å². The van der Waals surface area contributed by atoms with E-state index in [0.29, 0.717) is 10.9 Å². The fourth-order valence-electron chi connectivity index (χ4n) is 1.26. The van der Waals surface area contributed by atoms with Crippen molar-refractivity contribution in [3.05, 3.63) is 47.3 Å². The fraction of sp³-hybridized carbons (Fsp3) is 0.267. The van der Waals surface area contributed by atoms with Crippen molar-refractivity contribution in [2.45, 2.75) is 25.9 Å². The van der Waals surface area contributed by atoms with Gasteiger partial charge in [-0.05, 0) is 13.2 Å². The van der Waals surface area contributed by atoms with Crippen LogP contribution in [0.15, 0.2) is 36.0 Å². The van der Waals surface area contributed by atoms with Gasteiger partial charge in [-0.3, -0.25) is 0 Å². The van der Waals surface area contributed by atoms with Gasteiger partial charge in [0, 0.05) is 5.57 Å². The Hall–Kier alpha value is -1.57. The molecule has 5 heteroatoms. The van der Waals surface area contributed by atoms with Crippen molar-refractivity contribution in [2.24, 2.45) is 0 Å². The van der Waals surface area contributed by atoms with Crippen LogP contribution in [0.25, 0.3) is 5.57 Å². The predicted octanol–water partition coefficient (Wildman–Crippen LogP) is 4.90. The molecule has 20 heavy (non-hydrogen) atoms. The lowest BCUT2D eigenvalue weighted by atomic mass is 10.1. The first-order valence-corrected chi connectivity index (χ1v) is 7.75. The van der Waals surface area contributed by atoms with E-state index in [0.717, 1.165) is 5.57 Å². The summed E-state index contributed by atoms with van der Waals surface area (Å²) in [5, 5.41) is 9.83. The Bertz CT molecular complexity index is 557. The minimum absolute atomic E-state index is 0.167. The molecule has 0 N–H and O–H groups in total. The molecule has 0 aliphatic heterocycles. The third-order valence-electron chi connectivity index (χ3n) is 2.10. The standard InChI is InChI=1S/C13H12ClN3S.C2H6/c1-4-6-7-9(5-2)11-10(8-15)12(14)17-13(16-11)18-3;1-2/h4-7H,2H2,1,3H3;1-2H3/b6-4-,9-7+;. The molecule has 0 saturated heterocycles. The van der Waals surface area contributed by atoms with Crippen LogP contribution in [-0.2, 0) is 0 Å². The van der Waals surface area contributed by atoms with E-state index in [9.17, 15) is 0 Å². The van der Waals surface area contributed by atoms with Gasteiger partial charge < -0.3 is 0 Å². The maximum atomic E-state index is 9.13. The highest BCUT2D eigenvalue weighted by Crippen LogP contribution is 2.25. The summed E-state index contributed by atoms with van der Waals surface area (Å²) in [5.74, 6) is 0. The maximum Gasteiger partial charge on any atom is 0.189 e. The Morgan fingerprint density at radius 2 is 2.05 bits per heavy atom. The van der Waals surface area contributed by atoms with E-state index >= 15 is 0 Å². The zero-order valence-corrected chi connectivity index (χ0v) is 13.7. The molecule has 0 fully saturated rings. The van der Waals surface area contributed by atoms with Crippen molar-refractivity contribution in [3.63, 3.8) is 0 Å². The smallest absolute Gasteiger partial charge is 0.189 e. The van der Waals surface area contributed by atoms with Crippen LogP contribution < -0.4 is 0 Å². The molecule has 1 rings (SSSR count). The van der Waals surface area contributed by atoms with Gasteiger partial charge in [-0.15, -0.1) is 0 Å². The molecule has 3 nitrogen and oxygen atoms in total. The topological polar surface area (TPSA) is 49.6 Å². The van der Waals surface area contributed by atoms with Crippen molar-refractivity contribution in [1.82, 2.24) is 9.97 Å². The number of nitrogens with zero attached hydrogens (tertiary/aromatic N) is 3. The molecule has 0 radical (unpaired) electrons. The molecule has 0 amide bonds. The second-order valence-corrected chi connectivity index (χ2v) is 4.32. The lowest BCUT2D eigenvalue weighted by Gasteiger charge is -2.06. The van der Waals surface area contributed by atoms with Gasteiger partial charge in [0.15, 0.2) is 10.3 Å². The van der Waals surface area contributed by atoms with Crippen LogP contribution >= 0.6 is 23.4 Å². The highest BCUT2D eigenvalue weighted by Gasteiger charge is 2.14. The van der Waals surface area contributed by atoms with Crippen molar-refractivity contribution < 1.29 is 0 Å². The van der Waals surface area contributed by atoms with Crippen LogP contribution in [-0.4, -0.2) is 16.2 Å². The summed E-state index contributed by atoms with van der Waals surface area (Å²) in [7, 11) is 0. The molecule has 0 aliphatic carbocycles. The minimum atomic E-state index is 0.167. The third kappa shape index (κ3) is 4.84. The van der Waals surface area contributed by atoms with Crippen LogP contribution in [0.4, 0.5) is 0 Å². The average Bonchev–Trinajstić information content (AvgIpc) is 2.49. The number of aromatic nitrogens is 2. The summed E-state index contributed by atoms with van der Waals surface area (Å²) in [6.45, 7) is 9.63. The third-order valence-corrected chi connectivity index (χ3v) is 2.92.